The molecule has 1 aliphatic heterocycles. The molecule has 2 aromatic rings. The van der Waals surface area contributed by atoms with Gasteiger partial charge in [0.15, 0.2) is 0 Å². The molecule has 122 valence electrons. The van der Waals surface area contributed by atoms with Crippen molar-refractivity contribution in [3.8, 4) is 0 Å². The van der Waals surface area contributed by atoms with Crippen molar-refractivity contribution in [3.05, 3.63) is 64.7 Å². The maximum absolute atomic E-state index is 12.2. The first kappa shape index (κ1) is 15.9. The van der Waals surface area contributed by atoms with E-state index in [1.54, 1.807) is 19.1 Å². The Bertz CT molecular complexity index is 976. The third kappa shape index (κ3) is 2.67. The molecule has 3 rings (SSSR count). The molecule has 0 unspecified atom stereocenters. The van der Waals surface area contributed by atoms with Gasteiger partial charge in [-0.2, -0.15) is 8.42 Å². The van der Waals surface area contributed by atoms with Gasteiger partial charge in [-0.3, -0.25) is 14.9 Å². The fraction of sp³-hybridized carbons (Fsp3) is 0.0625. The number of hydrogen-bond acceptors (Lipinski definition) is 6. The Balaban J connectivity index is 1.96. The van der Waals surface area contributed by atoms with Crippen molar-refractivity contribution in [2.24, 2.45) is 0 Å². The van der Waals surface area contributed by atoms with E-state index in [0.29, 0.717) is 0 Å². The van der Waals surface area contributed by atoms with Crippen molar-refractivity contribution in [3.63, 3.8) is 0 Å². The van der Waals surface area contributed by atoms with Gasteiger partial charge >= 0.3 is 16.1 Å². The number of carbonyl (C=O) groups is 3. The Kier molecular flexibility index (Phi) is 3.69. The molecule has 0 radical (unpaired) electrons. The minimum Gasteiger partial charge on any atom is -0.338 e. The van der Waals surface area contributed by atoms with Crippen LogP contribution in [0.3, 0.4) is 0 Å². The fourth-order valence-electron chi connectivity index (χ4n) is 2.29. The predicted molar refractivity (Wildman–Crippen MR) is 82.0 cm³/mol. The molecule has 0 saturated carbocycles. The van der Waals surface area contributed by atoms with Crippen LogP contribution in [0.25, 0.3) is 0 Å². The standard InChI is InChI=1S/C16H11NO6S/c1-9-5-7-10(8-6-9)24(21,22)23-16(20)12-4-2-3-11-13(12)15(19)17-14(11)18/h2-8H,1H3,(H,17,18,19). The highest BCUT2D eigenvalue weighted by molar-refractivity contribution is 7.87. The molecular weight excluding hydrogens is 334 g/mol. The SMILES string of the molecule is Cc1ccc(S(=O)(=O)OC(=O)c2cccc3c2C(=O)NC3=O)cc1. The van der Waals surface area contributed by atoms with Crippen LogP contribution in [0, 0.1) is 6.92 Å². The zero-order valence-electron chi connectivity index (χ0n) is 12.4. The zero-order chi connectivity index (χ0) is 17.5. The van der Waals surface area contributed by atoms with E-state index in [0.717, 1.165) is 5.56 Å². The van der Waals surface area contributed by atoms with Crippen LogP contribution in [0.4, 0.5) is 0 Å². The molecule has 0 bridgehead atoms. The van der Waals surface area contributed by atoms with E-state index in [4.69, 9.17) is 0 Å². The van der Waals surface area contributed by atoms with Crippen LogP contribution in [0.2, 0.25) is 0 Å². The summed E-state index contributed by atoms with van der Waals surface area (Å²) < 4.78 is 28.9. The quantitative estimate of drug-likeness (QED) is 0.666. The summed E-state index contributed by atoms with van der Waals surface area (Å²) in [7, 11) is -4.34. The third-order valence-corrected chi connectivity index (χ3v) is 4.70. The lowest BCUT2D eigenvalue weighted by Gasteiger charge is -2.08. The molecule has 0 atom stereocenters. The summed E-state index contributed by atoms with van der Waals surface area (Å²) in [4.78, 5) is 35.4. The Morgan fingerprint density at radius 1 is 1.00 bits per heavy atom. The van der Waals surface area contributed by atoms with Crippen LogP contribution in [0.1, 0.15) is 36.6 Å². The Labute approximate surface area is 137 Å². The van der Waals surface area contributed by atoms with E-state index in [2.05, 4.69) is 4.18 Å². The molecule has 8 heteroatoms. The smallest absolute Gasteiger partial charge is 0.338 e. The minimum absolute atomic E-state index is 0.00202. The summed E-state index contributed by atoms with van der Waals surface area (Å²) >= 11 is 0. The molecular formula is C16H11NO6S. The summed E-state index contributed by atoms with van der Waals surface area (Å²) in [5.74, 6) is -2.64. The van der Waals surface area contributed by atoms with Crippen molar-refractivity contribution < 1.29 is 27.0 Å². The van der Waals surface area contributed by atoms with E-state index in [1.807, 2.05) is 5.32 Å². The second-order valence-corrected chi connectivity index (χ2v) is 6.70. The average molecular weight is 345 g/mol. The molecule has 2 aromatic carbocycles. The van der Waals surface area contributed by atoms with Crippen LogP contribution >= 0.6 is 0 Å². The summed E-state index contributed by atoms with van der Waals surface area (Å²) in [6.45, 7) is 1.78. The fourth-order valence-corrected chi connectivity index (χ4v) is 3.14. The van der Waals surface area contributed by atoms with Crippen LogP contribution < -0.4 is 5.32 Å². The monoisotopic (exact) mass is 345 g/mol. The molecule has 1 aliphatic rings. The molecule has 0 spiro atoms. The van der Waals surface area contributed by atoms with E-state index in [9.17, 15) is 22.8 Å². The van der Waals surface area contributed by atoms with Gasteiger partial charge in [0.25, 0.3) is 11.8 Å². The van der Waals surface area contributed by atoms with Crippen molar-refractivity contribution in [1.29, 1.82) is 0 Å². The Morgan fingerprint density at radius 3 is 2.33 bits per heavy atom. The lowest BCUT2D eigenvalue weighted by Crippen LogP contribution is -2.21. The largest absolute Gasteiger partial charge is 0.354 e. The van der Waals surface area contributed by atoms with E-state index in [1.165, 1.54) is 30.3 Å². The Morgan fingerprint density at radius 2 is 1.67 bits per heavy atom. The van der Waals surface area contributed by atoms with Crippen molar-refractivity contribution in [2.75, 3.05) is 0 Å². The molecule has 0 fully saturated rings. The molecule has 0 aliphatic carbocycles. The molecule has 0 aromatic heterocycles. The van der Waals surface area contributed by atoms with Gasteiger partial charge < -0.3 is 4.18 Å². The minimum atomic E-state index is -4.34. The Hall–Kier alpha value is -3.00. The van der Waals surface area contributed by atoms with Crippen LogP contribution in [0.5, 0.6) is 0 Å². The van der Waals surface area contributed by atoms with Crippen molar-refractivity contribution in [2.45, 2.75) is 11.8 Å². The highest BCUT2D eigenvalue weighted by Crippen LogP contribution is 2.22. The molecule has 0 saturated heterocycles. The van der Waals surface area contributed by atoms with Gasteiger partial charge in [-0.1, -0.05) is 23.8 Å². The number of aryl methyl sites for hydroxylation is 1. The van der Waals surface area contributed by atoms with Crippen molar-refractivity contribution >= 4 is 27.9 Å². The lowest BCUT2D eigenvalue weighted by atomic mass is 10.0. The average Bonchev–Trinajstić information content (AvgIpc) is 2.82. The predicted octanol–water partition coefficient (Wildman–Crippen LogP) is 1.42. The van der Waals surface area contributed by atoms with Crippen molar-refractivity contribution in [1.82, 2.24) is 5.32 Å². The number of imide groups is 1. The number of nitrogens with one attached hydrogen (secondary N) is 1. The molecule has 24 heavy (non-hydrogen) atoms. The second kappa shape index (κ2) is 5.57. The highest BCUT2D eigenvalue weighted by Gasteiger charge is 2.33. The summed E-state index contributed by atoms with van der Waals surface area (Å²) in [5.41, 5.74) is 0.372. The molecule has 1 N–H and O–H groups in total. The van der Waals surface area contributed by atoms with E-state index >= 15 is 0 Å². The highest BCUT2D eigenvalue weighted by atomic mass is 32.2. The number of fused-ring (bicyclic) bond motifs is 1. The number of hydrogen-bond donors (Lipinski definition) is 1. The normalized spacial score (nSPS) is 13.4. The first-order chi connectivity index (χ1) is 11.3. The number of amides is 2. The summed E-state index contributed by atoms with van der Waals surface area (Å²) in [6, 6.07) is 9.70. The summed E-state index contributed by atoms with van der Waals surface area (Å²) in [6.07, 6.45) is 0. The first-order valence-corrected chi connectivity index (χ1v) is 8.24. The van der Waals surface area contributed by atoms with Gasteiger partial charge in [0.2, 0.25) is 0 Å². The van der Waals surface area contributed by atoms with Crippen LogP contribution in [0.15, 0.2) is 47.4 Å². The maximum Gasteiger partial charge on any atom is 0.354 e. The van der Waals surface area contributed by atoms with Gasteiger partial charge in [0, 0.05) is 0 Å². The molecule has 7 nitrogen and oxygen atoms in total. The molecule has 2 amide bonds. The second-order valence-electron chi connectivity index (χ2n) is 5.15. The zero-order valence-corrected chi connectivity index (χ0v) is 13.2. The topological polar surface area (TPSA) is 107 Å². The lowest BCUT2D eigenvalue weighted by molar-refractivity contribution is 0.0739. The van der Waals surface area contributed by atoms with Gasteiger partial charge in [-0.25, -0.2) is 4.79 Å². The first-order valence-electron chi connectivity index (χ1n) is 6.84. The number of benzene rings is 2. The maximum atomic E-state index is 12.2. The van der Waals surface area contributed by atoms with E-state index in [-0.39, 0.29) is 21.6 Å². The van der Waals surface area contributed by atoms with E-state index < -0.39 is 27.9 Å². The van der Waals surface area contributed by atoms with Gasteiger partial charge in [-0.15, -0.1) is 0 Å². The summed E-state index contributed by atoms with van der Waals surface area (Å²) in [5, 5.41) is 2.04. The third-order valence-electron chi connectivity index (χ3n) is 3.48. The van der Waals surface area contributed by atoms with Gasteiger partial charge in [-0.05, 0) is 31.2 Å². The number of rotatable bonds is 3. The van der Waals surface area contributed by atoms with Gasteiger partial charge in [0.05, 0.1) is 16.7 Å². The van der Waals surface area contributed by atoms with Crippen LogP contribution in [-0.4, -0.2) is 26.2 Å². The molecule has 1 heterocycles. The van der Waals surface area contributed by atoms with Gasteiger partial charge in [0.1, 0.15) is 4.90 Å². The van der Waals surface area contributed by atoms with Crippen LogP contribution in [-0.2, 0) is 14.3 Å². The number of carbonyl (C=O) groups excluding carboxylic acids is 3.